The molecule has 0 aliphatic carbocycles. The molecule has 0 fully saturated rings. The first-order valence-electron chi connectivity index (χ1n) is 6.02. The number of benzene rings is 1. The Balaban J connectivity index is 2.68. The van der Waals surface area contributed by atoms with Crippen LogP contribution >= 0.6 is 15.9 Å². The van der Waals surface area contributed by atoms with E-state index in [-0.39, 0.29) is 17.3 Å². The summed E-state index contributed by atoms with van der Waals surface area (Å²) in [4.78, 5) is 10.9. The van der Waals surface area contributed by atoms with E-state index in [1.165, 1.54) is 12.1 Å². The van der Waals surface area contributed by atoms with Gasteiger partial charge in [-0.25, -0.2) is 4.79 Å². The lowest BCUT2D eigenvalue weighted by atomic mass is 10.2. The molecule has 0 bridgehead atoms. The second kappa shape index (κ2) is 6.39. The second-order valence-electron chi connectivity index (χ2n) is 5.33. The predicted molar refractivity (Wildman–Crippen MR) is 76.9 cm³/mol. The molecule has 0 spiro atoms. The van der Waals surface area contributed by atoms with Crippen LogP contribution < -0.4 is 4.74 Å². The fraction of sp³-hybridized carbons (Fsp3) is 0.500. The topological polar surface area (TPSA) is 55.8 Å². The van der Waals surface area contributed by atoms with Gasteiger partial charge in [0.25, 0.3) is 0 Å². The van der Waals surface area contributed by atoms with Crippen LogP contribution in [0.25, 0.3) is 0 Å². The summed E-state index contributed by atoms with van der Waals surface area (Å²) in [6, 6.07) is 4.77. The molecule has 19 heavy (non-hydrogen) atoms. The van der Waals surface area contributed by atoms with Gasteiger partial charge in [0.15, 0.2) is 0 Å². The highest BCUT2D eigenvalue weighted by molar-refractivity contribution is 9.10. The number of ether oxygens (including phenoxy) is 2. The molecule has 0 heterocycles. The predicted octanol–water partition coefficient (Wildman–Crippen LogP) is 3.73. The van der Waals surface area contributed by atoms with Crippen molar-refractivity contribution < 1.29 is 19.4 Å². The van der Waals surface area contributed by atoms with E-state index < -0.39 is 5.97 Å². The Labute approximate surface area is 121 Å². The third-order valence-electron chi connectivity index (χ3n) is 2.21. The summed E-state index contributed by atoms with van der Waals surface area (Å²) in [6.07, 6.45) is -0.157. The maximum absolute atomic E-state index is 10.9. The Kier molecular flexibility index (Phi) is 5.38. The zero-order valence-corrected chi connectivity index (χ0v) is 13.2. The van der Waals surface area contributed by atoms with E-state index in [4.69, 9.17) is 14.6 Å². The molecule has 0 saturated carbocycles. The van der Waals surface area contributed by atoms with Crippen molar-refractivity contribution in [1.82, 2.24) is 0 Å². The Hall–Kier alpha value is -1.07. The second-order valence-corrected chi connectivity index (χ2v) is 6.25. The third-order valence-corrected chi connectivity index (χ3v) is 2.66. The molecule has 1 aromatic carbocycles. The first-order chi connectivity index (χ1) is 8.67. The van der Waals surface area contributed by atoms with Gasteiger partial charge in [-0.15, -0.1) is 0 Å². The van der Waals surface area contributed by atoms with Gasteiger partial charge in [0, 0.05) is 4.47 Å². The van der Waals surface area contributed by atoms with Crippen LogP contribution in [0.1, 0.15) is 38.1 Å². The van der Waals surface area contributed by atoms with Crippen molar-refractivity contribution in [2.24, 2.45) is 0 Å². The highest BCUT2D eigenvalue weighted by Crippen LogP contribution is 2.23. The van der Waals surface area contributed by atoms with Crippen LogP contribution in [0.3, 0.4) is 0 Å². The number of carbonyl (C=O) groups is 1. The summed E-state index contributed by atoms with van der Waals surface area (Å²) in [6.45, 7) is 8.25. The lowest BCUT2D eigenvalue weighted by Crippen LogP contribution is -2.27. The molecule has 5 heteroatoms. The van der Waals surface area contributed by atoms with Crippen LogP contribution in [0.4, 0.5) is 0 Å². The van der Waals surface area contributed by atoms with Gasteiger partial charge in [-0.1, -0.05) is 15.9 Å². The molecule has 1 unspecified atom stereocenters. The van der Waals surface area contributed by atoms with E-state index in [9.17, 15) is 4.79 Å². The van der Waals surface area contributed by atoms with Gasteiger partial charge in [-0.3, -0.25) is 0 Å². The largest absolute Gasteiger partial charge is 0.488 e. The normalized spacial score (nSPS) is 13.1. The first kappa shape index (κ1) is 16.0. The average molecular weight is 331 g/mol. The van der Waals surface area contributed by atoms with Crippen LogP contribution in [-0.2, 0) is 4.74 Å². The molecule has 0 amide bonds. The minimum atomic E-state index is -0.982. The number of hydrogen-bond donors (Lipinski definition) is 1. The Morgan fingerprint density at radius 1 is 1.37 bits per heavy atom. The summed E-state index contributed by atoms with van der Waals surface area (Å²) in [5, 5.41) is 8.98. The van der Waals surface area contributed by atoms with Crippen molar-refractivity contribution in [1.29, 1.82) is 0 Å². The van der Waals surface area contributed by atoms with Crippen molar-refractivity contribution in [3.05, 3.63) is 28.2 Å². The first-order valence-corrected chi connectivity index (χ1v) is 6.81. The molecular weight excluding hydrogens is 312 g/mol. The average Bonchev–Trinajstić information content (AvgIpc) is 2.24. The fourth-order valence-corrected chi connectivity index (χ4v) is 1.86. The van der Waals surface area contributed by atoms with Gasteiger partial charge in [0.1, 0.15) is 11.9 Å². The third kappa shape index (κ3) is 6.07. The molecule has 0 aliphatic heterocycles. The maximum Gasteiger partial charge on any atom is 0.335 e. The maximum atomic E-state index is 10.9. The van der Waals surface area contributed by atoms with E-state index in [2.05, 4.69) is 15.9 Å². The van der Waals surface area contributed by atoms with Crippen molar-refractivity contribution >= 4 is 21.9 Å². The van der Waals surface area contributed by atoms with Gasteiger partial charge in [0.05, 0.1) is 17.8 Å². The van der Waals surface area contributed by atoms with E-state index >= 15 is 0 Å². The highest BCUT2D eigenvalue weighted by Gasteiger charge is 2.14. The van der Waals surface area contributed by atoms with E-state index in [1.54, 1.807) is 6.07 Å². The minimum Gasteiger partial charge on any atom is -0.488 e. The molecule has 0 aliphatic rings. The monoisotopic (exact) mass is 330 g/mol. The number of halogens is 1. The summed E-state index contributed by atoms with van der Waals surface area (Å²) in [7, 11) is 0. The van der Waals surface area contributed by atoms with Crippen molar-refractivity contribution in [2.45, 2.75) is 39.4 Å². The molecule has 0 radical (unpaired) electrons. The lowest BCUT2D eigenvalue weighted by Gasteiger charge is -2.23. The van der Waals surface area contributed by atoms with Crippen molar-refractivity contribution in [3.8, 4) is 5.75 Å². The molecule has 0 aromatic heterocycles. The molecule has 1 atom stereocenters. The number of carboxylic acid groups (broad SMARTS) is 1. The lowest BCUT2D eigenvalue weighted by molar-refractivity contribution is -0.0374. The molecule has 106 valence electrons. The van der Waals surface area contributed by atoms with Crippen LogP contribution in [-0.4, -0.2) is 29.4 Å². The standard InChI is InChI=1S/C14H19BrO4/c1-9(8-18-14(2,3)4)19-12-6-10(13(16)17)5-11(15)7-12/h5-7,9H,8H2,1-4H3,(H,16,17). The number of rotatable bonds is 5. The number of aromatic carboxylic acids is 1. The Bertz CT molecular complexity index is 451. The molecule has 1 aromatic rings. The van der Waals surface area contributed by atoms with Crippen LogP contribution in [0.5, 0.6) is 5.75 Å². The fourth-order valence-electron chi connectivity index (χ4n) is 1.39. The molecule has 1 rings (SSSR count). The zero-order chi connectivity index (χ0) is 14.6. The smallest absolute Gasteiger partial charge is 0.335 e. The van der Waals surface area contributed by atoms with Crippen LogP contribution in [0.2, 0.25) is 0 Å². The van der Waals surface area contributed by atoms with Gasteiger partial charge < -0.3 is 14.6 Å². The molecule has 1 N–H and O–H groups in total. The van der Waals surface area contributed by atoms with Gasteiger partial charge >= 0.3 is 5.97 Å². The van der Waals surface area contributed by atoms with Crippen molar-refractivity contribution in [2.75, 3.05) is 6.61 Å². The highest BCUT2D eigenvalue weighted by atomic mass is 79.9. The summed E-state index contributed by atoms with van der Waals surface area (Å²) >= 11 is 3.27. The SMILES string of the molecule is CC(COC(C)(C)C)Oc1cc(Br)cc(C(=O)O)c1. The van der Waals surface area contributed by atoms with Gasteiger partial charge in [-0.05, 0) is 45.9 Å². The summed E-state index contributed by atoms with van der Waals surface area (Å²) in [5.41, 5.74) is -0.0329. The van der Waals surface area contributed by atoms with Crippen LogP contribution in [0, 0.1) is 0 Å². The number of hydrogen-bond acceptors (Lipinski definition) is 3. The zero-order valence-electron chi connectivity index (χ0n) is 11.6. The van der Waals surface area contributed by atoms with Crippen molar-refractivity contribution in [3.63, 3.8) is 0 Å². The molecular formula is C14H19BrO4. The minimum absolute atomic E-state index is 0.157. The number of carboxylic acids is 1. The summed E-state index contributed by atoms with van der Waals surface area (Å²) < 4.78 is 12.0. The Morgan fingerprint density at radius 2 is 2.00 bits per heavy atom. The van der Waals surface area contributed by atoms with E-state index in [0.717, 1.165) is 0 Å². The Morgan fingerprint density at radius 3 is 2.53 bits per heavy atom. The van der Waals surface area contributed by atoms with Gasteiger partial charge in [-0.2, -0.15) is 0 Å². The van der Waals surface area contributed by atoms with E-state index in [0.29, 0.717) is 16.8 Å². The molecule has 4 nitrogen and oxygen atoms in total. The molecule has 0 saturated heterocycles. The van der Waals surface area contributed by atoms with Crippen LogP contribution in [0.15, 0.2) is 22.7 Å². The quantitative estimate of drug-likeness (QED) is 0.893. The van der Waals surface area contributed by atoms with Gasteiger partial charge in [0.2, 0.25) is 0 Å². The summed E-state index contributed by atoms with van der Waals surface area (Å²) in [5.74, 6) is -0.471. The van der Waals surface area contributed by atoms with E-state index in [1.807, 2.05) is 27.7 Å².